The third-order valence-electron chi connectivity index (χ3n) is 3.60. The molecule has 0 fully saturated rings. The zero-order chi connectivity index (χ0) is 14.4. The van der Waals surface area contributed by atoms with Crippen molar-refractivity contribution in [2.24, 2.45) is 0 Å². The molecule has 0 aromatic heterocycles. The molecule has 0 saturated heterocycles. The Balaban J connectivity index is 2.11. The molecule has 0 unspecified atom stereocenters. The predicted octanol–water partition coefficient (Wildman–Crippen LogP) is 3.24. The van der Waals surface area contributed by atoms with Crippen LogP contribution in [0.3, 0.4) is 0 Å². The number of hydrogen-bond donors (Lipinski definition) is 0. The summed E-state index contributed by atoms with van der Waals surface area (Å²) in [7, 11) is 0. The number of hydrogen-bond acceptors (Lipinski definition) is 2. The minimum Gasteiger partial charge on any atom is -0.268 e. The van der Waals surface area contributed by atoms with E-state index in [0.717, 1.165) is 22.1 Å². The molecule has 20 heavy (non-hydrogen) atoms. The fourth-order valence-corrected chi connectivity index (χ4v) is 2.31. The molecule has 0 spiro atoms. The quantitative estimate of drug-likeness (QED) is 0.745. The molecular weight excluding hydrogens is 257 g/mol. The summed E-state index contributed by atoms with van der Waals surface area (Å²) in [5, 5.41) is 0. The van der Waals surface area contributed by atoms with Gasteiger partial charge in [-0.3, -0.25) is 9.59 Å². The summed E-state index contributed by atoms with van der Waals surface area (Å²) >= 11 is 0. The van der Waals surface area contributed by atoms with Crippen molar-refractivity contribution in [3.8, 4) is 0 Å². The summed E-state index contributed by atoms with van der Waals surface area (Å²) in [6, 6.07) is 9.01. The lowest BCUT2D eigenvalue weighted by atomic mass is 10.1. The third kappa shape index (κ3) is 1.72. The van der Waals surface area contributed by atoms with Crippen molar-refractivity contribution in [3.63, 3.8) is 0 Å². The summed E-state index contributed by atoms with van der Waals surface area (Å²) in [6.07, 6.45) is 0. The first-order valence-corrected chi connectivity index (χ1v) is 6.24. The molecular formula is C16H12FNO2. The highest BCUT2D eigenvalue weighted by atomic mass is 19.1. The summed E-state index contributed by atoms with van der Waals surface area (Å²) < 4.78 is 13.2. The fourth-order valence-electron chi connectivity index (χ4n) is 2.31. The van der Waals surface area contributed by atoms with E-state index in [2.05, 4.69) is 0 Å². The van der Waals surface area contributed by atoms with Gasteiger partial charge in [0, 0.05) is 0 Å². The van der Waals surface area contributed by atoms with Gasteiger partial charge in [-0.05, 0) is 55.3 Å². The van der Waals surface area contributed by atoms with Crippen molar-refractivity contribution in [1.29, 1.82) is 0 Å². The minimum atomic E-state index is -0.521. The molecule has 0 N–H and O–H groups in total. The number of imide groups is 1. The van der Waals surface area contributed by atoms with Crippen LogP contribution in [0.1, 0.15) is 31.8 Å². The maximum Gasteiger partial charge on any atom is 0.266 e. The smallest absolute Gasteiger partial charge is 0.266 e. The standard InChI is InChI=1S/C16H12FNO2/c1-9-3-5-12(7-10(9)2)18-15(19)13-6-4-11(17)8-14(13)16(18)20/h3-8H,1-2H3. The average Bonchev–Trinajstić information content (AvgIpc) is 2.65. The first kappa shape index (κ1) is 12.5. The van der Waals surface area contributed by atoms with Gasteiger partial charge >= 0.3 is 0 Å². The highest BCUT2D eigenvalue weighted by Gasteiger charge is 2.36. The Hall–Kier alpha value is -2.49. The summed E-state index contributed by atoms with van der Waals surface area (Å²) in [6.45, 7) is 3.87. The number of anilines is 1. The largest absolute Gasteiger partial charge is 0.268 e. The van der Waals surface area contributed by atoms with Crippen molar-refractivity contribution in [2.45, 2.75) is 13.8 Å². The number of nitrogens with zero attached hydrogens (tertiary/aromatic N) is 1. The van der Waals surface area contributed by atoms with Crippen LogP contribution in [0.5, 0.6) is 0 Å². The number of benzene rings is 2. The number of aryl methyl sites for hydroxylation is 2. The van der Waals surface area contributed by atoms with Crippen molar-refractivity contribution in [2.75, 3.05) is 4.90 Å². The van der Waals surface area contributed by atoms with E-state index in [1.165, 1.54) is 12.1 Å². The Labute approximate surface area is 115 Å². The topological polar surface area (TPSA) is 37.4 Å². The maximum absolute atomic E-state index is 13.2. The van der Waals surface area contributed by atoms with Crippen LogP contribution in [0.2, 0.25) is 0 Å². The average molecular weight is 269 g/mol. The first-order valence-electron chi connectivity index (χ1n) is 6.24. The van der Waals surface area contributed by atoms with Gasteiger partial charge in [0.25, 0.3) is 11.8 Å². The van der Waals surface area contributed by atoms with Gasteiger partial charge in [0.15, 0.2) is 0 Å². The molecule has 4 heteroatoms. The molecule has 2 aromatic carbocycles. The molecule has 0 atom stereocenters. The lowest BCUT2D eigenvalue weighted by Crippen LogP contribution is -2.29. The van der Waals surface area contributed by atoms with Crippen LogP contribution in [0, 0.1) is 19.7 Å². The van der Waals surface area contributed by atoms with Crippen molar-refractivity contribution in [3.05, 3.63) is 64.5 Å². The van der Waals surface area contributed by atoms with Gasteiger partial charge in [-0.2, -0.15) is 0 Å². The molecule has 3 rings (SSSR count). The zero-order valence-corrected chi connectivity index (χ0v) is 11.1. The van der Waals surface area contributed by atoms with Crippen LogP contribution in [0.15, 0.2) is 36.4 Å². The molecule has 0 saturated carbocycles. The van der Waals surface area contributed by atoms with Crippen LogP contribution in [-0.2, 0) is 0 Å². The van der Waals surface area contributed by atoms with Gasteiger partial charge in [-0.15, -0.1) is 0 Å². The molecule has 1 aliphatic rings. The highest BCUT2D eigenvalue weighted by molar-refractivity contribution is 6.34. The lowest BCUT2D eigenvalue weighted by molar-refractivity contribution is 0.0926. The number of carbonyl (C=O) groups excluding carboxylic acids is 2. The highest BCUT2D eigenvalue weighted by Crippen LogP contribution is 2.29. The van der Waals surface area contributed by atoms with Crippen LogP contribution in [0.4, 0.5) is 10.1 Å². The molecule has 2 amide bonds. The summed E-state index contributed by atoms with van der Waals surface area (Å²) in [5.74, 6) is -1.41. The molecule has 1 heterocycles. The Morgan fingerprint density at radius 2 is 1.55 bits per heavy atom. The summed E-state index contributed by atoms with van der Waals surface area (Å²) in [4.78, 5) is 25.7. The van der Waals surface area contributed by atoms with Gasteiger partial charge in [-0.1, -0.05) is 6.07 Å². The molecule has 100 valence electrons. The van der Waals surface area contributed by atoms with Crippen LogP contribution in [0.25, 0.3) is 0 Å². The second-order valence-corrected chi connectivity index (χ2v) is 4.90. The first-order chi connectivity index (χ1) is 9.49. The Morgan fingerprint density at radius 3 is 2.25 bits per heavy atom. The zero-order valence-electron chi connectivity index (χ0n) is 11.1. The van der Waals surface area contributed by atoms with E-state index in [4.69, 9.17) is 0 Å². The van der Waals surface area contributed by atoms with Crippen LogP contribution in [-0.4, -0.2) is 11.8 Å². The third-order valence-corrected chi connectivity index (χ3v) is 3.60. The lowest BCUT2D eigenvalue weighted by Gasteiger charge is -2.15. The van der Waals surface area contributed by atoms with E-state index in [0.29, 0.717) is 5.69 Å². The van der Waals surface area contributed by atoms with Crippen molar-refractivity contribution >= 4 is 17.5 Å². The van der Waals surface area contributed by atoms with Gasteiger partial charge in [0.05, 0.1) is 16.8 Å². The van der Waals surface area contributed by atoms with E-state index in [-0.39, 0.29) is 11.1 Å². The van der Waals surface area contributed by atoms with Crippen LogP contribution < -0.4 is 4.90 Å². The van der Waals surface area contributed by atoms with E-state index in [9.17, 15) is 14.0 Å². The number of fused-ring (bicyclic) bond motifs is 1. The van der Waals surface area contributed by atoms with E-state index in [1.54, 1.807) is 12.1 Å². The molecule has 1 aliphatic heterocycles. The van der Waals surface area contributed by atoms with Crippen LogP contribution >= 0.6 is 0 Å². The monoisotopic (exact) mass is 269 g/mol. The van der Waals surface area contributed by atoms with E-state index >= 15 is 0 Å². The maximum atomic E-state index is 13.2. The molecule has 0 bridgehead atoms. The van der Waals surface area contributed by atoms with Crippen molar-refractivity contribution in [1.82, 2.24) is 0 Å². The van der Waals surface area contributed by atoms with Gasteiger partial charge in [-0.25, -0.2) is 9.29 Å². The Kier molecular flexibility index (Phi) is 2.67. The predicted molar refractivity (Wildman–Crippen MR) is 73.5 cm³/mol. The second-order valence-electron chi connectivity index (χ2n) is 4.90. The molecule has 0 aliphatic carbocycles. The van der Waals surface area contributed by atoms with Gasteiger partial charge < -0.3 is 0 Å². The minimum absolute atomic E-state index is 0.119. The Bertz CT molecular complexity index is 752. The van der Waals surface area contributed by atoms with E-state index in [1.807, 2.05) is 19.9 Å². The summed E-state index contributed by atoms with van der Waals surface area (Å²) in [5.41, 5.74) is 2.95. The molecule has 2 aromatic rings. The Morgan fingerprint density at radius 1 is 0.850 bits per heavy atom. The van der Waals surface area contributed by atoms with Gasteiger partial charge in [0.2, 0.25) is 0 Å². The number of amides is 2. The molecule has 0 radical (unpaired) electrons. The number of rotatable bonds is 1. The van der Waals surface area contributed by atoms with Gasteiger partial charge in [0.1, 0.15) is 5.82 Å². The second kappa shape index (κ2) is 4.27. The van der Waals surface area contributed by atoms with E-state index < -0.39 is 17.6 Å². The number of halogens is 1. The SMILES string of the molecule is Cc1ccc(N2C(=O)c3ccc(F)cc3C2=O)cc1C. The number of carbonyl (C=O) groups is 2. The van der Waals surface area contributed by atoms with Crippen molar-refractivity contribution < 1.29 is 14.0 Å². The normalized spacial score (nSPS) is 13.8. The fraction of sp³-hybridized carbons (Fsp3) is 0.125. The molecule has 3 nitrogen and oxygen atoms in total.